The molecule has 1 aliphatic carbocycles. The van der Waals surface area contributed by atoms with Gasteiger partial charge in [-0.2, -0.15) is 0 Å². The summed E-state index contributed by atoms with van der Waals surface area (Å²) in [5.74, 6) is -0.223. The Labute approximate surface area is 140 Å². The van der Waals surface area contributed by atoms with Crippen molar-refractivity contribution in [3.05, 3.63) is 59.9 Å². The fourth-order valence-corrected chi connectivity index (χ4v) is 2.86. The van der Waals surface area contributed by atoms with Gasteiger partial charge in [-0.3, -0.25) is 0 Å². The van der Waals surface area contributed by atoms with Crippen molar-refractivity contribution in [3.63, 3.8) is 0 Å². The van der Waals surface area contributed by atoms with Crippen molar-refractivity contribution in [2.24, 2.45) is 7.05 Å². The van der Waals surface area contributed by atoms with Crippen LogP contribution in [-0.4, -0.2) is 21.6 Å². The minimum absolute atomic E-state index is 0.123. The molecule has 0 fully saturated rings. The van der Waals surface area contributed by atoms with Gasteiger partial charge in [-0.1, -0.05) is 18.2 Å². The van der Waals surface area contributed by atoms with Crippen LogP contribution in [0.1, 0.15) is 30.5 Å². The monoisotopic (exact) mass is 328 g/mol. The number of aromatic nitrogens is 2. The lowest BCUT2D eigenvalue weighted by molar-refractivity contribution is 0.235. The van der Waals surface area contributed by atoms with Gasteiger partial charge >= 0.3 is 6.03 Å². The summed E-state index contributed by atoms with van der Waals surface area (Å²) in [5.41, 5.74) is 3.09. The van der Waals surface area contributed by atoms with Gasteiger partial charge in [0.25, 0.3) is 0 Å². The zero-order valence-corrected chi connectivity index (χ0v) is 13.6. The Morgan fingerprint density at radius 3 is 2.79 bits per heavy atom. The van der Waals surface area contributed by atoms with Gasteiger partial charge in [0.05, 0.1) is 18.6 Å². The molecular weight excluding hydrogens is 307 g/mol. The molecule has 126 valence electrons. The smallest absolute Gasteiger partial charge is 0.315 e. The topological polar surface area (TPSA) is 59.0 Å². The first-order valence-electron chi connectivity index (χ1n) is 8.06. The van der Waals surface area contributed by atoms with Crippen LogP contribution in [0.4, 0.5) is 9.18 Å². The van der Waals surface area contributed by atoms with Gasteiger partial charge < -0.3 is 15.2 Å². The van der Waals surface area contributed by atoms with Crippen molar-refractivity contribution in [1.29, 1.82) is 0 Å². The lowest BCUT2D eigenvalue weighted by atomic mass is 9.91. The van der Waals surface area contributed by atoms with E-state index >= 15 is 0 Å². The predicted molar refractivity (Wildman–Crippen MR) is 90.6 cm³/mol. The van der Waals surface area contributed by atoms with Crippen molar-refractivity contribution < 1.29 is 9.18 Å². The maximum absolute atomic E-state index is 13.0. The number of aryl methyl sites for hydroxylation is 1. The molecule has 5 nitrogen and oxygen atoms in total. The first kappa shape index (κ1) is 16.2. The summed E-state index contributed by atoms with van der Waals surface area (Å²) in [7, 11) is 1.89. The molecule has 2 amide bonds. The minimum Gasteiger partial charge on any atom is -0.340 e. The molecule has 1 unspecified atom stereocenters. The fraction of sp³-hybridized carbons (Fsp3) is 0.333. The Morgan fingerprint density at radius 2 is 2.17 bits per heavy atom. The maximum atomic E-state index is 13.0. The molecule has 1 aromatic carbocycles. The second-order valence-corrected chi connectivity index (χ2v) is 6.07. The maximum Gasteiger partial charge on any atom is 0.315 e. The average Bonchev–Trinajstić information content (AvgIpc) is 3.00. The fourth-order valence-electron chi connectivity index (χ4n) is 2.86. The summed E-state index contributed by atoms with van der Waals surface area (Å²) < 4.78 is 14.8. The summed E-state index contributed by atoms with van der Waals surface area (Å²) in [6, 6.07) is 6.50. The molecular formula is C18H21FN4O. The standard InChI is InChI=1S/C18H21FN4O/c1-23-11-17(21-12-23)10-20-18(24)22-16-8-4-14(5-9-16)13-2-6-15(19)7-3-13/h2-4,6-7,11-12,16H,5,8-10H2,1H3,(H2,20,22,24). The second-order valence-electron chi connectivity index (χ2n) is 6.07. The van der Waals surface area contributed by atoms with E-state index in [-0.39, 0.29) is 17.9 Å². The van der Waals surface area contributed by atoms with Gasteiger partial charge in [-0.25, -0.2) is 14.2 Å². The molecule has 24 heavy (non-hydrogen) atoms. The third-order valence-electron chi connectivity index (χ3n) is 4.15. The molecule has 0 spiro atoms. The highest BCUT2D eigenvalue weighted by Gasteiger charge is 2.17. The lowest BCUT2D eigenvalue weighted by Gasteiger charge is -2.23. The molecule has 0 bridgehead atoms. The zero-order chi connectivity index (χ0) is 16.9. The number of halogens is 1. The molecule has 3 rings (SSSR count). The zero-order valence-electron chi connectivity index (χ0n) is 13.6. The van der Waals surface area contributed by atoms with Gasteiger partial charge in [-0.15, -0.1) is 0 Å². The van der Waals surface area contributed by atoms with E-state index in [0.29, 0.717) is 6.54 Å². The van der Waals surface area contributed by atoms with Crippen molar-refractivity contribution in [2.45, 2.75) is 31.8 Å². The normalized spacial score (nSPS) is 17.2. The third kappa shape index (κ3) is 4.22. The highest BCUT2D eigenvalue weighted by Crippen LogP contribution is 2.27. The Morgan fingerprint density at radius 1 is 1.38 bits per heavy atom. The van der Waals surface area contributed by atoms with Crippen LogP contribution < -0.4 is 10.6 Å². The largest absolute Gasteiger partial charge is 0.340 e. The molecule has 2 N–H and O–H groups in total. The molecule has 2 aromatic rings. The summed E-state index contributed by atoms with van der Waals surface area (Å²) in [4.78, 5) is 16.1. The summed E-state index contributed by atoms with van der Waals surface area (Å²) >= 11 is 0. The number of nitrogens with one attached hydrogen (secondary N) is 2. The van der Waals surface area contributed by atoms with Crippen molar-refractivity contribution in [3.8, 4) is 0 Å². The van der Waals surface area contributed by atoms with E-state index in [1.165, 1.54) is 17.7 Å². The Hall–Kier alpha value is -2.63. The molecule has 6 heteroatoms. The van der Waals surface area contributed by atoms with E-state index in [9.17, 15) is 9.18 Å². The van der Waals surface area contributed by atoms with Crippen LogP contribution in [0.3, 0.4) is 0 Å². The van der Waals surface area contributed by atoms with Gasteiger partial charge in [0.2, 0.25) is 0 Å². The summed E-state index contributed by atoms with van der Waals surface area (Å²) in [6.07, 6.45) is 8.23. The van der Waals surface area contributed by atoms with E-state index in [2.05, 4.69) is 21.7 Å². The molecule has 1 heterocycles. The number of imidazole rings is 1. The van der Waals surface area contributed by atoms with Crippen molar-refractivity contribution >= 4 is 11.6 Å². The number of nitrogens with zero attached hydrogens (tertiary/aromatic N) is 2. The van der Waals surface area contributed by atoms with E-state index in [1.807, 2.05) is 17.8 Å². The quantitative estimate of drug-likeness (QED) is 0.906. The number of allylic oxidation sites excluding steroid dienone is 1. The molecule has 0 radical (unpaired) electrons. The highest BCUT2D eigenvalue weighted by molar-refractivity contribution is 5.74. The minimum atomic E-state index is -0.223. The summed E-state index contributed by atoms with van der Waals surface area (Å²) in [5, 5.41) is 5.81. The Kier molecular flexibility index (Phi) is 4.93. The Bertz CT molecular complexity index is 736. The molecule has 1 atom stereocenters. The van der Waals surface area contributed by atoms with Gasteiger partial charge in [0, 0.05) is 19.3 Å². The first-order valence-corrected chi connectivity index (χ1v) is 8.06. The van der Waals surface area contributed by atoms with E-state index < -0.39 is 0 Å². The number of hydrogen-bond donors (Lipinski definition) is 2. The van der Waals surface area contributed by atoms with E-state index in [4.69, 9.17) is 0 Å². The number of carbonyl (C=O) groups is 1. The number of benzene rings is 1. The van der Waals surface area contributed by atoms with Crippen LogP contribution in [0, 0.1) is 5.82 Å². The number of amides is 2. The number of rotatable bonds is 4. The van der Waals surface area contributed by atoms with Crippen LogP contribution in [0.5, 0.6) is 0 Å². The lowest BCUT2D eigenvalue weighted by Crippen LogP contribution is -2.42. The SMILES string of the molecule is Cn1cnc(CNC(=O)NC2CC=C(c3ccc(F)cc3)CC2)c1. The number of hydrogen-bond acceptors (Lipinski definition) is 2. The average molecular weight is 328 g/mol. The number of urea groups is 1. The van der Waals surface area contributed by atoms with Crippen LogP contribution in [0.15, 0.2) is 42.9 Å². The first-order chi connectivity index (χ1) is 11.6. The van der Waals surface area contributed by atoms with E-state index in [0.717, 1.165) is 30.5 Å². The van der Waals surface area contributed by atoms with Crippen LogP contribution in [-0.2, 0) is 13.6 Å². The second kappa shape index (κ2) is 7.29. The molecule has 0 aliphatic heterocycles. The highest BCUT2D eigenvalue weighted by atomic mass is 19.1. The molecule has 1 aromatic heterocycles. The van der Waals surface area contributed by atoms with Gasteiger partial charge in [0.1, 0.15) is 5.82 Å². The molecule has 1 aliphatic rings. The van der Waals surface area contributed by atoms with Crippen molar-refractivity contribution in [2.75, 3.05) is 0 Å². The van der Waals surface area contributed by atoms with Crippen LogP contribution in [0.2, 0.25) is 0 Å². The van der Waals surface area contributed by atoms with Gasteiger partial charge in [-0.05, 0) is 42.5 Å². The molecule has 0 saturated heterocycles. The third-order valence-corrected chi connectivity index (χ3v) is 4.15. The number of carbonyl (C=O) groups excluding carboxylic acids is 1. The summed E-state index contributed by atoms with van der Waals surface area (Å²) in [6.45, 7) is 0.413. The van der Waals surface area contributed by atoms with Crippen molar-refractivity contribution in [1.82, 2.24) is 20.2 Å². The predicted octanol–water partition coefficient (Wildman–Crippen LogP) is 2.99. The van der Waals surface area contributed by atoms with Gasteiger partial charge in [0.15, 0.2) is 0 Å². The van der Waals surface area contributed by atoms with E-state index in [1.54, 1.807) is 18.5 Å². The van der Waals surface area contributed by atoms with Crippen LogP contribution >= 0.6 is 0 Å². The molecule has 0 saturated carbocycles. The van der Waals surface area contributed by atoms with Crippen LogP contribution in [0.25, 0.3) is 5.57 Å². The Balaban J connectivity index is 1.47.